The molecule has 28 heavy (non-hydrogen) atoms. The van der Waals surface area contributed by atoms with Crippen LogP contribution in [0.25, 0.3) is 0 Å². The van der Waals surface area contributed by atoms with Gasteiger partial charge in [-0.3, -0.25) is 9.59 Å². The molecule has 0 aliphatic rings. The maximum absolute atomic E-state index is 12.8. The van der Waals surface area contributed by atoms with Crippen molar-refractivity contribution < 1.29 is 14.3 Å². The van der Waals surface area contributed by atoms with Crippen LogP contribution in [0.2, 0.25) is 0 Å². The Morgan fingerprint density at radius 2 is 1.79 bits per heavy atom. The van der Waals surface area contributed by atoms with E-state index in [2.05, 4.69) is 6.07 Å². The van der Waals surface area contributed by atoms with Crippen molar-refractivity contribution in [1.29, 1.82) is 5.26 Å². The zero-order valence-electron chi connectivity index (χ0n) is 16.7. The number of hydrogen-bond donors (Lipinski definition) is 0. The summed E-state index contributed by atoms with van der Waals surface area (Å²) >= 11 is 0. The van der Waals surface area contributed by atoms with Crippen LogP contribution in [-0.4, -0.2) is 24.8 Å². The number of ether oxygens (including phenoxy) is 1. The highest BCUT2D eigenvalue weighted by atomic mass is 16.5. The van der Waals surface area contributed by atoms with Crippen molar-refractivity contribution in [1.82, 2.24) is 0 Å². The third-order valence-electron chi connectivity index (χ3n) is 4.47. The Labute approximate surface area is 166 Å². The Balaban J connectivity index is 2.09. The minimum absolute atomic E-state index is 0.0403. The quantitative estimate of drug-likeness (QED) is 0.597. The van der Waals surface area contributed by atoms with E-state index in [1.165, 1.54) is 0 Å². The first kappa shape index (κ1) is 21.2. The van der Waals surface area contributed by atoms with Gasteiger partial charge in [-0.2, -0.15) is 5.26 Å². The van der Waals surface area contributed by atoms with E-state index in [4.69, 9.17) is 10.00 Å². The summed E-state index contributed by atoms with van der Waals surface area (Å²) in [6, 6.07) is 15.0. The second-order valence-electron chi connectivity index (χ2n) is 6.62. The molecular weight excluding hydrogens is 352 g/mol. The van der Waals surface area contributed by atoms with Crippen LogP contribution in [0.3, 0.4) is 0 Å². The number of nitriles is 1. The summed E-state index contributed by atoms with van der Waals surface area (Å²) in [7, 11) is 0. The van der Waals surface area contributed by atoms with Gasteiger partial charge in [0, 0.05) is 30.6 Å². The predicted octanol–water partition coefficient (Wildman–Crippen LogP) is 4.61. The summed E-state index contributed by atoms with van der Waals surface area (Å²) in [4.78, 5) is 26.9. The lowest BCUT2D eigenvalue weighted by atomic mass is 9.99. The molecule has 0 saturated carbocycles. The molecule has 0 unspecified atom stereocenters. The lowest BCUT2D eigenvalue weighted by Gasteiger charge is -2.22. The van der Waals surface area contributed by atoms with E-state index in [1.54, 1.807) is 29.2 Å². The van der Waals surface area contributed by atoms with Gasteiger partial charge in [-0.15, -0.1) is 0 Å². The fourth-order valence-corrected chi connectivity index (χ4v) is 2.97. The lowest BCUT2D eigenvalue weighted by molar-refractivity contribution is -0.118. The van der Waals surface area contributed by atoms with E-state index >= 15 is 0 Å². The molecule has 1 amide bonds. The molecule has 0 bridgehead atoms. The first-order valence-corrected chi connectivity index (χ1v) is 9.47. The van der Waals surface area contributed by atoms with Gasteiger partial charge in [-0.05, 0) is 56.7 Å². The highest BCUT2D eigenvalue weighted by Gasteiger charge is 2.18. The van der Waals surface area contributed by atoms with Crippen LogP contribution in [0.15, 0.2) is 42.5 Å². The molecule has 5 nitrogen and oxygen atoms in total. The van der Waals surface area contributed by atoms with Gasteiger partial charge in [0.1, 0.15) is 5.75 Å². The normalized spacial score (nSPS) is 10.2. The average molecular weight is 378 g/mol. The van der Waals surface area contributed by atoms with Gasteiger partial charge >= 0.3 is 0 Å². The molecule has 2 rings (SSSR count). The van der Waals surface area contributed by atoms with Crippen LogP contribution < -0.4 is 9.64 Å². The molecule has 0 atom stereocenters. The van der Waals surface area contributed by atoms with Crippen LogP contribution in [-0.2, 0) is 4.79 Å². The van der Waals surface area contributed by atoms with E-state index in [-0.39, 0.29) is 31.0 Å². The predicted molar refractivity (Wildman–Crippen MR) is 110 cm³/mol. The van der Waals surface area contributed by atoms with E-state index in [9.17, 15) is 9.59 Å². The number of aryl methyl sites for hydroxylation is 2. The standard InChI is InChI=1S/C23H26N2O3/c1-4-28-20-10-8-19(9-11-20)25(15-5-14-24)23(27)13-12-22(26)21-16-17(2)6-7-18(21)3/h6-11,16H,4-5,12-13,15H2,1-3H3. The third kappa shape index (κ3) is 5.68. The number of benzene rings is 2. The van der Waals surface area contributed by atoms with Gasteiger partial charge in [0.25, 0.3) is 0 Å². The first-order chi connectivity index (χ1) is 13.5. The van der Waals surface area contributed by atoms with Gasteiger partial charge in [-0.25, -0.2) is 0 Å². The van der Waals surface area contributed by atoms with Crippen molar-refractivity contribution in [3.8, 4) is 11.8 Å². The van der Waals surface area contributed by atoms with Crippen molar-refractivity contribution in [3.05, 3.63) is 59.2 Å². The highest BCUT2D eigenvalue weighted by Crippen LogP contribution is 2.21. The fraction of sp³-hybridized carbons (Fsp3) is 0.348. The first-order valence-electron chi connectivity index (χ1n) is 9.47. The summed E-state index contributed by atoms with van der Waals surface area (Å²) in [6.45, 7) is 6.60. The number of rotatable bonds is 9. The van der Waals surface area contributed by atoms with Gasteiger partial charge in [0.05, 0.1) is 19.1 Å². The number of carbonyl (C=O) groups excluding carboxylic acids is 2. The average Bonchev–Trinajstić information content (AvgIpc) is 2.69. The van der Waals surface area contributed by atoms with Gasteiger partial charge in [0.15, 0.2) is 5.78 Å². The Hall–Kier alpha value is -3.13. The lowest BCUT2D eigenvalue weighted by Crippen LogP contribution is -2.32. The minimum Gasteiger partial charge on any atom is -0.494 e. The third-order valence-corrected chi connectivity index (χ3v) is 4.47. The molecule has 146 valence electrons. The summed E-state index contributed by atoms with van der Waals surface area (Å²) in [5.41, 5.74) is 3.29. The van der Waals surface area contributed by atoms with E-state index in [0.717, 1.165) is 16.9 Å². The number of amides is 1. The summed E-state index contributed by atoms with van der Waals surface area (Å²) in [6.07, 6.45) is 0.470. The molecular formula is C23H26N2O3. The van der Waals surface area contributed by atoms with Crippen molar-refractivity contribution >= 4 is 17.4 Å². The SMILES string of the molecule is CCOc1ccc(N(CCC#N)C(=O)CCC(=O)c2cc(C)ccc2C)cc1. The molecule has 0 fully saturated rings. The Kier molecular flexibility index (Phi) is 7.76. The highest BCUT2D eigenvalue weighted by molar-refractivity contribution is 6.01. The number of carbonyl (C=O) groups is 2. The second-order valence-corrected chi connectivity index (χ2v) is 6.62. The van der Waals surface area contributed by atoms with Crippen LogP contribution >= 0.6 is 0 Å². The summed E-state index contributed by atoms with van der Waals surface area (Å²) < 4.78 is 5.43. The number of ketones is 1. The van der Waals surface area contributed by atoms with Crippen molar-refractivity contribution in [2.75, 3.05) is 18.1 Å². The number of nitrogens with zero attached hydrogens (tertiary/aromatic N) is 2. The number of Topliss-reactive ketones (excluding diaryl/α,β-unsaturated/α-hetero) is 1. The van der Waals surface area contributed by atoms with Crippen molar-refractivity contribution in [3.63, 3.8) is 0 Å². The molecule has 0 heterocycles. The molecule has 2 aromatic carbocycles. The zero-order chi connectivity index (χ0) is 20.5. The van der Waals surface area contributed by atoms with Crippen LogP contribution in [0.1, 0.15) is 47.7 Å². The largest absolute Gasteiger partial charge is 0.494 e. The van der Waals surface area contributed by atoms with E-state index < -0.39 is 0 Å². The number of anilines is 1. The molecule has 2 aromatic rings. The van der Waals surface area contributed by atoms with Crippen LogP contribution in [0.5, 0.6) is 5.75 Å². The van der Waals surface area contributed by atoms with E-state index in [1.807, 2.05) is 39.0 Å². The maximum Gasteiger partial charge on any atom is 0.227 e. The molecule has 0 aliphatic carbocycles. The molecule has 0 aliphatic heterocycles. The Bertz CT molecular complexity index is 866. The minimum atomic E-state index is -0.168. The molecule has 0 aromatic heterocycles. The topological polar surface area (TPSA) is 70.4 Å². The maximum atomic E-state index is 12.8. The summed E-state index contributed by atoms with van der Waals surface area (Å²) in [5.74, 6) is 0.517. The van der Waals surface area contributed by atoms with E-state index in [0.29, 0.717) is 24.4 Å². The molecule has 0 N–H and O–H groups in total. The molecule has 0 spiro atoms. The van der Waals surface area contributed by atoms with Crippen molar-refractivity contribution in [2.24, 2.45) is 0 Å². The van der Waals surface area contributed by atoms with Crippen LogP contribution in [0.4, 0.5) is 5.69 Å². The smallest absolute Gasteiger partial charge is 0.227 e. The van der Waals surface area contributed by atoms with Gasteiger partial charge < -0.3 is 9.64 Å². The summed E-state index contributed by atoms with van der Waals surface area (Å²) in [5, 5.41) is 8.92. The Morgan fingerprint density at radius 1 is 1.07 bits per heavy atom. The molecule has 0 radical (unpaired) electrons. The molecule has 5 heteroatoms. The van der Waals surface area contributed by atoms with Crippen LogP contribution in [0, 0.1) is 25.2 Å². The van der Waals surface area contributed by atoms with Gasteiger partial charge in [-0.1, -0.05) is 17.7 Å². The van der Waals surface area contributed by atoms with Crippen molar-refractivity contribution in [2.45, 2.75) is 40.0 Å². The second kappa shape index (κ2) is 10.3. The molecule has 0 saturated heterocycles. The monoisotopic (exact) mass is 378 g/mol. The Morgan fingerprint density at radius 3 is 2.43 bits per heavy atom. The zero-order valence-corrected chi connectivity index (χ0v) is 16.7. The van der Waals surface area contributed by atoms with Gasteiger partial charge in [0.2, 0.25) is 5.91 Å². The fourth-order valence-electron chi connectivity index (χ4n) is 2.97. The number of hydrogen-bond acceptors (Lipinski definition) is 4.